The average Bonchev–Trinajstić information content (AvgIpc) is 2.76. The summed E-state index contributed by atoms with van der Waals surface area (Å²) in [5.74, 6) is 0.213. The van der Waals surface area contributed by atoms with Crippen LogP contribution in [0.4, 0.5) is 0 Å². The van der Waals surface area contributed by atoms with E-state index in [0.29, 0.717) is 12.1 Å². The highest BCUT2D eigenvalue weighted by atomic mass is 32.1. The molecule has 0 aliphatic heterocycles. The minimum Gasteiger partial charge on any atom is -0.507 e. The Labute approximate surface area is 122 Å². The first-order valence-electron chi connectivity index (χ1n) is 6.22. The zero-order valence-electron chi connectivity index (χ0n) is 11.6. The van der Waals surface area contributed by atoms with Gasteiger partial charge in [0, 0.05) is 10.9 Å². The van der Waals surface area contributed by atoms with Gasteiger partial charge in [0.2, 0.25) is 4.80 Å². The Hall–Kier alpha value is -2.14. The summed E-state index contributed by atoms with van der Waals surface area (Å²) in [5, 5.41) is 16.1. The summed E-state index contributed by atoms with van der Waals surface area (Å²) in [6, 6.07) is 7.09. The molecule has 1 heterocycles. The van der Waals surface area contributed by atoms with Crippen LogP contribution in [0.5, 0.6) is 5.75 Å². The fourth-order valence-corrected chi connectivity index (χ4v) is 2.36. The topological polar surface area (TPSA) is 49.9 Å². The molecule has 5 heteroatoms. The van der Waals surface area contributed by atoms with Gasteiger partial charge in [-0.15, -0.1) is 11.3 Å². The molecular formula is C15H17N3OS. The Bertz CT molecular complexity index is 710. The van der Waals surface area contributed by atoms with E-state index in [1.165, 1.54) is 11.3 Å². The van der Waals surface area contributed by atoms with Crippen LogP contribution in [0.3, 0.4) is 0 Å². The first kappa shape index (κ1) is 14.3. The van der Waals surface area contributed by atoms with Gasteiger partial charge in [0.25, 0.3) is 0 Å². The van der Waals surface area contributed by atoms with Gasteiger partial charge in [-0.25, -0.2) is 4.68 Å². The number of benzene rings is 1. The van der Waals surface area contributed by atoms with Crippen molar-refractivity contribution in [2.24, 2.45) is 10.1 Å². The average molecular weight is 287 g/mol. The van der Waals surface area contributed by atoms with Crippen LogP contribution in [0.15, 0.2) is 51.9 Å². The zero-order chi connectivity index (χ0) is 14.5. The molecule has 0 bridgehead atoms. The predicted molar refractivity (Wildman–Crippen MR) is 83.4 cm³/mol. The monoisotopic (exact) mass is 287 g/mol. The normalized spacial score (nSPS) is 12.2. The van der Waals surface area contributed by atoms with Gasteiger partial charge in [0.15, 0.2) is 0 Å². The Morgan fingerprint density at radius 2 is 2.20 bits per heavy atom. The molecule has 0 unspecified atom stereocenters. The van der Waals surface area contributed by atoms with Gasteiger partial charge >= 0.3 is 0 Å². The smallest absolute Gasteiger partial charge is 0.206 e. The van der Waals surface area contributed by atoms with E-state index in [4.69, 9.17) is 0 Å². The summed E-state index contributed by atoms with van der Waals surface area (Å²) in [6.45, 7) is 8.35. The van der Waals surface area contributed by atoms with Crippen molar-refractivity contribution in [2.75, 3.05) is 6.54 Å². The summed E-state index contributed by atoms with van der Waals surface area (Å²) in [4.78, 5) is 5.28. The van der Waals surface area contributed by atoms with Crippen molar-refractivity contribution in [2.45, 2.75) is 13.8 Å². The summed E-state index contributed by atoms with van der Waals surface area (Å²) < 4.78 is 1.76. The lowest BCUT2D eigenvalue weighted by Gasteiger charge is -1.99. The lowest BCUT2D eigenvalue weighted by molar-refractivity contribution is 0.474. The van der Waals surface area contributed by atoms with Crippen LogP contribution in [-0.2, 0) is 0 Å². The number of aromatic nitrogens is 1. The second-order valence-electron chi connectivity index (χ2n) is 4.55. The van der Waals surface area contributed by atoms with Crippen molar-refractivity contribution in [3.05, 3.63) is 57.9 Å². The highest BCUT2D eigenvalue weighted by Gasteiger charge is 2.00. The number of rotatable bonds is 4. The van der Waals surface area contributed by atoms with Crippen molar-refractivity contribution in [1.82, 2.24) is 4.68 Å². The van der Waals surface area contributed by atoms with Gasteiger partial charge in [-0.05, 0) is 26.0 Å². The largest absolute Gasteiger partial charge is 0.507 e. The maximum Gasteiger partial charge on any atom is 0.206 e. The molecule has 1 aromatic carbocycles. The number of phenols is 1. The molecular weight excluding hydrogens is 270 g/mol. The van der Waals surface area contributed by atoms with Gasteiger partial charge in [-0.2, -0.15) is 5.10 Å². The third kappa shape index (κ3) is 3.45. The standard InChI is InChI=1S/C15H17N3OS/c1-11(2)8-16-15-18(12(3)10-20-15)17-9-13-6-4-5-7-14(13)19/h4-7,9-10,19H,1,8H2,2-3H3. The molecule has 20 heavy (non-hydrogen) atoms. The van der Waals surface area contributed by atoms with Crippen LogP contribution in [0.1, 0.15) is 18.2 Å². The minimum absolute atomic E-state index is 0.213. The third-order valence-electron chi connectivity index (χ3n) is 2.58. The van der Waals surface area contributed by atoms with Gasteiger partial charge in [0.1, 0.15) is 5.75 Å². The second kappa shape index (κ2) is 6.34. The van der Waals surface area contributed by atoms with E-state index in [-0.39, 0.29) is 5.75 Å². The molecule has 0 fully saturated rings. The van der Waals surface area contributed by atoms with Crippen molar-refractivity contribution in [1.29, 1.82) is 0 Å². The highest BCUT2D eigenvalue weighted by Crippen LogP contribution is 2.13. The molecule has 0 aliphatic carbocycles. The van der Waals surface area contributed by atoms with Gasteiger partial charge in [-0.1, -0.05) is 24.3 Å². The molecule has 0 saturated heterocycles. The first-order valence-corrected chi connectivity index (χ1v) is 7.10. The SMILES string of the molecule is C=C(C)CN=c1scc(C)n1N=Cc1ccccc1O. The Kier molecular flexibility index (Phi) is 4.53. The number of phenolic OH excluding ortho intramolecular Hbond substituents is 1. The van der Waals surface area contributed by atoms with Crippen LogP contribution in [0.25, 0.3) is 0 Å². The van der Waals surface area contributed by atoms with Crippen molar-refractivity contribution >= 4 is 17.6 Å². The van der Waals surface area contributed by atoms with Crippen LogP contribution in [-0.4, -0.2) is 22.5 Å². The van der Waals surface area contributed by atoms with E-state index in [0.717, 1.165) is 16.1 Å². The van der Waals surface area contributed by atoms with Crippen LogP contribution >= 0.6 is 11.3 Å². The summed E-state index contributed by atoms with van der Waals surface area (Å²) >= 11 is 1.54. The number of aryl methyl sites for hydroxylation is 1. The number of aromatic hydroxyl groups is 1. The molecule has 0 radical (unpaired) electrons. The van der Waals surface area contributed by atoms with Crippen molar-refractivity contribution < 1.29 is 5.11 Å². The molecule has 2 rings (SSSR count). The molecule has 4 nitrogen and oxygen atoms in total. The number of hydrogen-bond acceptors (Lipinski definition) is 4. The molecule has 0 atom stereocenters. The lowest BCUT2D eigenvalue weighted by atomic mass is 10.2. The molecule has 2 aromatic rings. The van der Waals surface area contributed by atoms with Gasteiger partial charge in [-0.3, -0.25) is 4.99 Å². The second-order valence-corrected chi connectivity index (χ2v) is 5.38. The number of para-hydroxylation sites is 1. The molecule has 0 aliphatic rings. The van der Waals surface area contributed by atoms with Crippen LogP contribution in [0, 0.1) is 6.92 Å². The highest BCUT2D eigenvalue weighted by molar-refractivity contribution is 7.07. The van der Waals surface area contributed by atoms with E-state index < -0.39 is 0 Å². The fourth-order valence-electron chi connectivity index (χ4n) is 1.55. The maximum atomic E-state index is 9.72. The number of hydrogen-bond donors (Lipinski definition) is 1. The minimum atomic E-state index is 0.213. The zero-order valence-corrected chi connectivity index (χ0v) is 12.4. The van der Waals surface area contributed by atoms with E-state index in [1.807, 2.05) is 31.4 Å². The maximum absolute atomic E-state index is 9.72. The molecule has 1 aromatic heterocycles. The molecule has 104 valence electrons. The molecule has 0 saturated carbocycles. The van der Waals surface area contributed by atoms with E-state index >= 15 is 0 Å². The summed E-state index contributed by atoms with van der Waals surface area (Å²) in [6.07, 6.45) is 1.63. The van der Waals surface area contributed by atoms with E-state index in [1.54, 1.807) is 23.0 Å². The van der Waals surface area contributed by atoms with Crippen LogP contribution < -0.4 is 4.80 Å². The Balaban J connectivity index is 2.34. The van der Waals surface area contributed by atoms with Crippen molar-refractivity contribution in [3.8, 4) is 5.75 Å². The van der Waals surface area contributed by atoms with E-state index in [2.05, 4.69) is 16.7 Å². The van der Waals surface area contributed by atoms with Gasteiger partial charge < -0.3 is 5.11 Å². The van der Waals surface area contributed by atoms with E-state index in [9.17, 15) is 5.11 Å². The summed E-state index contributed by atoms with van der Waals surface area (Å²) in [5.41, 5.74) is 2.69. The first-order chi connectivity index (χ1) is 9.58. The van der Waals surface area contributed by atoms with Gasteiger partial charge in [0.05, 0.1) is 18.5 Å². The molecule has 0 amide bonds. The predicted octanol–water partition coefficient (Wildman–Crippen LogP) is 2.92. The Morgan fingerprint density at radius 1 is 1.45 bits per heavy atom. The Morgan fingerprint density at radius 3 is 2.90 bits per heavy atom. The quantitative estimate of drug-likeness (QED) is 0.682. The van der Waals surface area contributed by atoms with Crippen LogP contribution in [0.2, 0.25) is 0 Å². The summed E-state index contributed by atoms with van der Waals surface area (Å²) in [7, 11) is 0. The number of thiazole rings is 1. The number of nitrogens with zero attached hydrogens (tertiary/aromatic N) is 3. The van der Waals surface area contributed by atoms with Crippen molar-refractivity contribution in [3.63, 3.8) is 0 Å². The fraction of sp³-hybridized carbons (Fsp3) is 0.200. The lowest BCUT2D eigenvalue weighted by Crippen LogP contribution is -2.13. The third-order valence-corrected chi connectivity index (χ3v) is 3.56. The molecule has 1 N–H and O–H groups in total. The molecule has 0 spiro atoms.